The van der Waals surface area contributed by atoms with E-state index in [1.54, 1.807) is 0 Å². The van der Waals surface area contributed by atoms with Crippen LogP contribution in [0.15, 0.2) is 0 Å². The van der Waals surface area contributed by atoms with Crippen molar-refractivity contribution in [2.75, 3.05) is 17.6 Å². The molecule has 0 unspecified atom stereocenters. The number of nitrogen functional groups attached to an aromatic ring is 1. The molecule has 1 aromatic heterocycles. The average Bonchev–Trinajstić information content (AvgIpc) is 2.63. The normalized spacial score (nSPS) is 18.3. The maximum absolute atomic E-state index is 5.49. The number of rotatable bonds is 3. The molecule has 4 nitrogen and oxygen atoms in total. The first-order valence-corrected chi connectivity index (χ1v) is 5.99. The fourth-order valence-corrected chi connectivity index (χ4v) is 2.45. The van der Waals surface area contributed by atoms with Gasteiger partial charge in [-0.1, -0.05) is 30.6 Å². The molecule has 3 N–H and O–H groups in total. The first kappa shape index (κ1) is 9.71. The summed E-state index contributed by atoms with van der Waals surface area (Å²) in [6, 6.07) is 0. The van der Waals surface area contributed by atoms with Gasteiger partial charge in [-0.2, -0.15) is 0 Å². The van der Waals surface area contributed by atoms with Crippen LogP contribution in [0.4, 0.5) is 10.3 Å². The largest absolute Gasteiger partial charge is 0.374 e. The molecule has 0 saturated heterocycles. The van der Waals surface area contributed by atoms with Crippen molar-refractivity contribution >= 4 is 21.6 Å². The van der Waals surface area contributed by atoms with E-state index >= 15 is 0 Å². The molecule has 0 amide bonds. The van der Waals surface area contributed by atoms with E-state index in [0.717, 1.165) is 17.6 Å². The molecule has 1 aromatic rings. The van der Waals surface area contributed by atoms with Crippen LogP contribution in [0.5, 0.6) is 0 Å². The molecular weight excluding hydrogens is 196 g/mol. The van der Waals surface area contributed by atoms with Crippen LogP contribution in [-0.2, 0) is 0 Å². The number of aromatic nitrogens is 2. The van der Waals surface area contributed by atoms with Gasteiger partial charge in [0.25, 0.3) is 0 Å². The Morgan fingerprint density at radius 3 is 2.71 bits per heavy atom. The highest BCUT2D eigenvalue weighted by atomic mass is 32.1. The number of anilines is 2. The molecule has 5 heteroatoms. The molecule has 0 spiro atoms. The van der Waals surface area contributed by atoms with Gasteiger partial charge < -0.3 is 11.1 Å². The lowest BCUT2D eigenvalue weighted by atomic mass is 9.89. The zero-order chi connectivity index (χ0) is 9.80. The van der Waals surface area contributed by atoms with Crippen molar-refractivity contribution in [2.24, 2.45) is 5.92 Å². The molecule has 78 valence electrons. The van der Waals surface area contributed by atoms with Gasteiger partial charge in [0.2, 0.25) is 10.3 Å². The summed E-state index contributed by atoms with van der Waals surface area (Å²) in [5, 5.41) is 12.4. The minimum Gasteiger partial charge on any atom is -0.374 e. The van der Waals surface area contributed by atoms with Crippen molar-refractivity contribution in [3.63, 3.8) is 0 Å². The molecule has 0 aromatic carbocycles. The van der Waals surface area contributed by atoms with Crippen LogP contribution in [0, 0.1) is 5.92 Å². The third-order valence-corrected chi connectivity index (χ3v) is 3.42. The van der Waals surface area contributed by atoms with Crippen LogP contribution in [0.25, 0.3) is 0 Å². The second-order valence-electron chi connectivity index (χ2n) is 3.83. The van der Waals surface area contributed by atoms with Crippen LogP contribution >= 0.6 is 11.3 Å². The van der Waals surface area contributed by atoms with E-state index in [4.69, 9.17) is 5.73 Å². The zero-order valence-electron chi connectivity index (χ0n) is 8.20. The Kier molecular flexibility index (Phi) is 3.18. The topological polar surface area (TPSA) is 63.8 Å². The minimum absolute atomic E-state index is 0.538. The third-order valence-electron chi connectivity index (χ3n) is 2.71. The molecule has 1 saturated carbocycles. The van der Waals surface area contributed by atoms with Crippen LogP contribution in [0.1, 0.15) is 32.1 Å². The fraction of sp³-hybridized carbons (Fsp3) is 0.778. The standard InChI is InChI=1S/C9H16N4S/c10-8-12-13-9(14-8)11-6-7-4-2-1-3-5-7/h7H,1-6H2,(H2,10,12)(H,11,13). The summed E-state index contributed by atoms with van der Waals surface area (Å²) >= 11 is 1.42. The fourth-order valence-electron chi connectivity index (χ4n) is 1.93. The second kappa shape index (κ2) is 4.59. The Morgan fingerprint density at radius 2 is 2.07 bits per heavy atom. The maximum atomic E-state index is 5.49. The number of nitrogens with zero attached hydrogens (tertiary/aromatic N) is 2. The minimum atomic E-state index is 0.538. The molecule has 14 heavy (non-hydrogen) atoms. The summed E-state index contributed by atoms with van der Waals surface area (Å²) in [6.07, 6.45) is 6.86. The van der Waals surface area contributed by atoms with Crippen molar-refractivity contribution in [3.05, 3.63) is 0 Å². The second-order valence-corrected chi connectivity index (χ2v) is 4.84. The van der Waals surface area contributed by atoms with Crippen molar-refractivity contribution in [3.8, 4) is 0 Å². The van der Waals surface area contributed by atoms with E-state index in [1.165, 1.54) is 43.4 Å². The molecule has 2 rings (SSSR count). The Labute approximate surface area is 87.9 Å². The Hall–Kier alpha value is -0.840. The molecule has 1 aliphatic rings. The highest BCUT2D eigenvalue weighted by Gasteiger charge is 2.13. The quantitative estimate of drug-likeness (QED) is 0.805. The molecule has 1 heterocycles. The lowest BCUT2D eigenvalue weighted by molar-refractivity contribution is 0.373. The summed E-state index contributed by atoms with van der Waals surface area (Å²) in [6.45, 7) is 1.02. The van der Waals surface area contributed by atoms with Gasteiger partial charge in [-0.3, -0.25) is 0 Å². The summed E-state index contributed by atoms with van der Waals surface area (Å²) in [4.78, 5) is 0. The van der Waals surface area contributed by atoms with E-state index in [0.29, 0.717) is 5.13 Å². The van der Waals surface area contributed by atoms with Crippen LogP contribution < -0.4 is 11.1 Å². The van der Waals surface area contributed by atoms with Crippen LogP contribution in [-0.4, -0.2) is 16.7 Å². The van der Waals surface area contributed by atoms with Crippen molar-refractivity contribution in [1.82, 2.24) is 10.2 Å². The summed E-state index contributed by atoms with van der Waals surface area (Å²) in [5.74, 6) is 0.814. The summed E-state index contributed by atoms with van der Waals surface area (Å²) in [5.41, 5.74) is 5.49. The van der Waals surface area contributed by atoms with Crippen LogP contribution in [0.3, 0.4) is 0 Å². The zero-order valence-corrected chi connectivity index (χ0v) is 9.02. The number of hydrogen-bond donors (Lipinski definition) is 2. The molecule has 0 bridgehead atoms. The highest BCUT2D eigenvalue weighted by molar-refractivity contribution is 7.18. The van der Waals surface area contributed by atoms with Gasteiger partial charge in [-0.05, 0) is 18.8 Å². The molecule has 0 aliphatic heterocycles. The van der Waals surface area contributed by atoms with Crippen LogP contribution in [0.2, 0.25) is 0 Å². The van der Waals surface area contributed by atoms with Gasteiger partial charge >= 0.3 is 0 Å². The predicted molar refractivity (Wildman–Crippen MR) is 59.4 cm³/mol. The van der Waals surface area contributed by atoms with Gasteiger partial charge in [0.15, 0.2) is 0 Å². The van der Waals surface area contributed by atoms with Gasteiger partial charge in [0.05, 0.1) is 0 Å². The molecule has 0 radical (unpaired) electrons. The number of hydrogen-bond acceptors (Lipinski definition) is 5. The molecule has 1 fully saturated rings. The smallest absolute Gasteiger partial charge is 0.207 e. The van der Waals surface area contributed by atoms with Gasteiger partial charge in [0, 0.05) is 6.54 Å². The maximum Gasteiger partial charge on any atom is 0.207 e. The molecular formula is C9H16N4S. The van der Waals surface area contributed by atoms with Gasteiger partial charge in [-0.25, -0.2) is 0 Å². The Bertz CT molecular complexity index is 280. The lowest BCUT2D eigenvalue weighted by Crippen LogP contribution is -2.16. The van der Waals surface area contributed by atoms with Crippen molar-refractivity contribution in [1.29, 1.82) is 0 Å². The van der Waals surface area contributed by atoms with E-state index in [-0.39, 0.29) is 0 Å². The number of nitrogens with two attached hydrogens (primary N) is 1. The number of nitrogens with one attached hydrogen (secondary N) is 1. The van der Waals surface area contributed by atoms with E-state index in [2.05, 4.69) is 15.5 Å². The molecule has 1 aliphatic carbocycles. The summed E-state index contributed by atoms with van der Waals surface area (Å²) in [7, 11) is 0. The van der Waals surface area contributed by atoms with Crippen molar-refractivity contribution < 1.29 is 0 Å². The first-order valence-electron chi connectivity index (χ1n) is 5.17. The SMILES string of the molecule is Nc1nnc(NCC2CCCCC2)s1. The lowest BCUT2D eigenvalue weighted by Gasteiger charge is -2.21. The van der Waals surface area contributed by atoms with Gasteiger partial charge in [-0.15, -0.1) is 10.2 Å². The Balaban J connectivity index is 1.76. The summed E-state index contributed by atoms with van der Waals surface area (Å²) < 4.78 is 0. The highest BCUT2D eigenvalue weighted by Crippen LogP contribution is 2.24. The van der Waals surface area contributed by atoms with Crippen molar-refractivity contribution in [2.45, 2.75) is 32.1 Å². The monoisotopic (exact) mass is 212 g/mol. The van der Waals surface area contributed by atoms with E-state index < -0.39 is 0 Å². The Morgan fingerprint density at radius 1 is 1.29 bits per heavy atom. The van der Waals surface area contributed by atoms with Gasteiger partial charge in [0.1, 0.15) is 0 Å². The van der Waals surface area contributed by atoms with E-state index in [9.17, 15) is 0 Å². The average molecular weight is 212 g/mol. The van der Waals surface area contributed by atoms with E-state index in [1.807, 2.05) is 0 Å². The molecule has 0 atom stereocenters. The third kappa shape index (κ3) is 2.57. The first-order chi connectivity index (χ1) is 6.84. The predicted octanol–water partition coefficient (Wildman–Crippen LogP) is 2.11.